The first-order valence-corrected chi connectivity index (χ1v) is 8.52. The number of benzene rings is 2. The molecule has 0 fully saturated rings. The molecular formula is C21H19N3O4. The molecule has 0 radical (unpaired) electrons. The molecular weight excluding hydrogens is 358 g/mol. The maximum atomic E-state index is 12.7. The van der Waals surface area contributed by atoms with Gasteiger partial charge in [0.25, 0.3) is 11.5 Å². The van der Waals surface area contributed by atoms with Crippen molar-refractivity contribution in [2.75, 3.05) is 14.2 Å². The first kappa shape index (κ1) is 19.0. The number of ether oxygens (including phenoxy) is 2. The van der Waals surface area contributed by atoms with Crippen molar-refractivity contribution < 1.29 is 14.3 Å². The van der Waals surface area contributed by atoms with Crippen molar-refractivity contribution in [3.63, 3.8) is 0 Å². The van der Waals surface area contributed by atoms with Gasteiger partial charge in [0.1, 0.15) is 6.54 Å². The number of methoxy groups -OCH3 is 2. The molecule has 0 aliphatic carbocycles. The number of para-hydroxylation sites is 1. The molecule has 0 saturated carbocycles. The maximum absolute atomic E-state index is 12.7. The minimum absolute atomic E-state index is 0.0499. The summed E-state index contributed by atoms with van der Waals surface area (Å²) < 4.78 is 11.8. The second-order valence-electron chi connectivity index (χ2n) is 5.88. The average Bonchev–Trinajstić information content (AvgIpc) is 2.74. The highest BCUT2D eigenvalue weighted by Gasteiger charge is 2.17. The van der Waals surface area contributed by atoms with Crippen molar-refractivity contribution >= 4 is 16.7 Å². The molecule has 7 nitrogen and oxygen atoms in total. The van der Waals surface area contributed by atoms with Crippen LogP contribution in [0.15, 0.2) is 47.3 Å². The molecule has 3 aromatic rings. The van der Waals surface area contributed by atoms with Crippen molar-refractivity contribution in [2.45, 2.75) is 13.1 Å². The molecule has 0 aliphatic rings. The van der Waals surface area contributed by atoms with Gasteiger partial charge in [-0.3, -0.25) is 9.59 Å². The number of rotatable bonds is 6. The van der Waals surface area contributed by atoms with Gasteiger partial charge in [0, 0.05) is 5.39 Å². The Hall–Kier alpha value is -3.79. The zero-order chi connectivity index (χ0) is 20.1. The summed E-state index contributed by atoms with van der Waals surface area (Å²) in [6.07, 6.45) is 5.34. The molecule has 1 N–H and O–H groups in total. The molecule has 0 saturated heterocycles. The van der Waals surface area contributed by atoms with Crippen LogP contribution in [0.1, 0.15) is 16.1 Å². The number of amides is 1. The van der Waals surface area contributed by atoms with Crippen molar-refractivity contribution in [3.05, 3.63) is 64.1 Å². The van der Waals surface area contributed by atoms with E-state index in [9.17, 15) is 9.59 Å². The van der Waals surface area contributed by atoms with Crippen LogP contribution in [0.25, 0.3) is 10.8 Å². The van der Waals surface area contributed by atoms with E-state index >= 15 is 0 Å². The van der Waals surface area contributed by atoms with Gasteiger partial charge in [-0.15, -0.1) is 6.42 Å². The van der Waals surface area contributed by atoms with E-state index in [-0.39, 0.29) is 24.6 Å². The van der Waals surface area contributed by atoms with E-state index < -0.39 is 0 Å². The summed E-state index contributed by atoms with van der Waals surface area (Å²) in [7, 11) is 2.98. The van der Waals surface area contributed by atoms with Crippen LogP contribution in [-0.2, 0) is 13.1 Å². The minimum atomic E-state index is -0.351. The smallest absolute Gasteiger partial charge is 0.275 e. The zero-order valence-corrected chi connectivity index (χ0v) is 15.6. The second kappa shape index (κ2) is 8.27. The monoisotopic (exact) mass is 377 g/mol. The molecule has 0 atom stereocenters. The average molecular weight is 377 g/mol. The second-order valence-corrected chi connectivity index (χ2v) is 5.88. The van der Waals surface area contributed by atoms with Crippen LogP contribution < -0.4 is 20.3 Å². The maximum Gasteiger partial charge on any atom is 0.275 e. The molecule has 0 spiro atoms. The summed E-state index contributed by atoms with van der Waals surface area (Å²) in [5.74, 6) is 2.87. The summed E-state index contributed by atoms with van der Waals surface area (Å²) in [6, 6.07) is 12.1. The molecule has 1 aromatic heterocycles. The van der Waals surface area contributed by atoms with Crippen molar-refractivity contribution in [3.8, 4) is 23.8 Å². The predicted molar refractivity (Wildman–Crippen MR) is 106 cm³/mol. The Morgan fingerprint density at radius 1 is 1.14 bits per heavy atom. The highest BCUT2D eigenvalue weighted by Crippen LogP contribution is 2.30. The van der Waals surface area contributed by atoms with Gasteiger partial charge in [0.15, 0.2) is 11.5 Å². The quantitative estimate of drug-likeness (QED) is 0.664. The third-order valence-electron chi connectivity index (χ3n) is 4.25. The third kappa shape index (κ3) is 3.53. The number of hydrogen-bond donors (Lipinski definition) is 1. The number of hydrogen-bond acceptors (Lipinski definition) is 5. The summed E-state index contributed by atoms with van der Waals surface area (Å²) in [5.41, 5.74) is 0.613. The van der Waals surface area contributed by atoms with E-state index in [1.54, 1.807) is 36.4 Å². The first-order chi connectivity index (χ1) is 13.6. The Morgan fingerprint density at radius 3 is 2.57 bits per heavy atom. The van der Waals surface area contributed by atoms with Gasteiger partial charge >= 0.3 is 0 Å². The molecule has 2 aromatic carbocycles. The van der Waals surface area contributed by atoms with E-state index in [1.165, 1.54) is 18.9 Å². The van der Waals surface area contributed by atoms with E-state index in [2.05, 4.69) is 16.3 Å². The fourth-order valence-corrected chi connectivity index (χ4v) is 2.95. The lowest BCUT2D eigenvalue weighted by molar-refractivity contribution is 0.0946. The highest BCUT2D eigenvalue weighted by atomic mass is 16.5. The van der Waals surface area contributed by atoms with Crippen LogP contribution in [0.2, 0.25) is 0 Å². The van der Waals surface area contributed by atoms with E-state index in [4.69, 9.17) is 15.9 Å². The van der Waals surface area contributed by atoms with Crippen LogP contribution in [0.5, 0.6) is 11.5 Å². The van der Waals surface area contributed by atoms with Crippen LogP contribution in [-0.4, -0.2) is 29.9 Å². The summed E-state index contributed by atoms with van der Waals surface area (Å²) >= 11 is 0. The van der Waals surface area contributed by atoms with E-state index in [1.807, 2.05) is 6.07 Å². The van der Waals surface area contributed by atoms with Crippen LogP contribution in [0.4, 0.5) is 0 Å². The number of carbonyl (C=O) groups is 1. The van der Waals surface area contributed by atoms with E-state index in [0.29, 0.717) is 33.5 Å². The topological polar surface area (TPSA) is 82.5 Å². The normalized spacial score (nSPS) is 10.3. The van der Waals surface area contributed by atoms with Crippen LogP contribution >= 0.6 is 0 Å². The Labute approximate surface area is 161 Å². The lowest BCUT2D eigenvalue weighted by Crippen LogP contribution is -2.28. The molecule has 0 aliphatic heterocycles. The lowest BCUT2D eigenvalue weighted by atomic mass is 10.1. The highest BCUT2D eigenvalue weighted by molar-refractivity contribution is 5.98. The third-order valence-corrected chi connectivity index (χ3v) is 4.25. The van der Waals surface area contributed by atoms with E-state index in [0.717, 1.165) is 0 Å². The van der Waals surface area contributed by atoms with Gasteiger partial charge < -0.3 is 14.8 Å². The Bertz CT molecular complexity index is 1130. The number of fused-ring (bicyclic) bond motifs is 1. The van der Waals surface area contributed by atoms with Gasteiger partial charge in [0.2, 0.25) is 0 Å². The molecule has 0 bridgehead atoms. The van der Waals surface area contributed by atoms with Crippen LogP contribution in [0, 0.1) is 12.3 Å². The zero-order valence-electron chi connectivity index (χ0n) is 15.6. The fourth-order valence-electron chi connectivity index (χ4n) is 2.95. The summed E-state index contributed by atoms with van der Waals surface area (Å²) in [5, 5.41) is 8.30. The molecule has 1 amide bonds. The fraction of sp³-hybridized carbons (Fsp3) is 0.190. The van der Waals surface area contributed by atoms with Crippen LogP contribution in [0.3, 0.4) is 0 Å². The van der Waals surface area contributed by atoms with Gasteiger partial charge in [-0.1, -0.05) is 30.2 Å². The number of carbonyl (C=O) groups excluding carboxylic acids is 1. The first-order valence-electron chi connectivity index (χ1n) is 8.52. The Kier molecular flexibility index (Phi) is 5.61. The molecule has 0 unspecified atom stereocenters. The number of nitrogens with one attached hydrogen (secondary N) is 1. The molecule has 3 rings (SSSR count). The Morgan fingerprint density at radius 2 is 1.89 bits per heavy atom. The molecule has 1 heterocycles. The number of nitrogens with zero attached hydrogens (tertiary/aromatic N) is 2. The number of aromatic nitrogens is 2. The van der Waals surface area contributed by atoms with Crippen molar-refractivity contribution in [1.82, 2.24) is 15.1 Å². The largest absolute Gasteiger partial charge is 0.493 e. The molecule has 142 valence electrons. The van der Waals surface area contributed by atoms with Gasteiger partial charge in [-0.05, 0) is 18.2 Å². The SMILES string of the molecule is C#CCn1nc(CNC(=O)c2cccc(OC)c2OC)c2ccccc2c1=O. The summed E-state index contributed by atoms with van der Waals surface area (Å²) in [4.78, 5) is 25.2. The lowest BCUT2D eigenvalue weighted by Gasteiger charge is -2.13. The van der Waals surface area contributed by atoms with Gasteiger partial charge in [-0.25, -0.2) is 4.68 Å². The number of terminal acetylenes is 1. The van der Waals surface area contributed by atoms with Crippen molar-refractivity contribution in [2.24, 2.45) is 0 Å². The van der Waals surface area contributed by atoms with Gasteiger partial charge in [0.05, 0.1) is 37.4 Å². The standard InChI is InChI=1S/C21H19N3O4/c1-4-12-24-21(26)15-9-6-5-8-14(15)17(23-24)13-22-20(25)16-10-7-11-18(27-2)19(16)28-3/h1,5-11H,12-13H2,2-3H3,(H,22,25). The predicted octanol–water partition coefficient (Wildman–Crippen LogP) is 1.98. The van der Waals surface area contributed by atoms with Crippen molar-refractivity contribution in [1.29, 1.82) is 0 Å². The molecule has 28 heavy (non-hydrogen) atoms. The van der Waals surface area contributed by atoms with Gasteiger partial charge in [-0.2, -0.15) is 5.10 Å². The Balaban J connectivity index is 1.94. The minimum Gasteiger partial charge on any atom is -0.493 e. The summed E-state index contributed by atoms with van der Waals surface area (Å²) in [6.45, 7) is 0.166. The molecule has 7 heteroatoms.